The number of aromatic nitrogens is 1. The molecule has 5 aromatic rings. The monoisotopic (exact) mass is 883 g/mol. The maximum absolute atomic E-state index is 14.1. The van der Waals surface area contributed by atoms with Gasteiger partial charge in [0.2, 0.25) is 0 Å². The van der Waals surface area contributed by atoms with E-state index in [0.29, 0.717) is 0 Å². The van der Waals surface area contributed by atoms with E-state index in [0.717, 1.165) is 119 Å². The Morgan fingerprint density at radius 3 is 1.25 bits per heavy atom. The summed E-state index contributed by atoms with van der Waals surface area (Å²) in [5.41, 5.74) is 11.6. The van der Waals surface area contributed by atoms with Crippen molar-refractivity contribution in [3.8, 4) is 0 Å². The SMILES string of the molecule is C[O-].C[O-].C[O-].C[O-].C[O-].O=C1C=C2NC1C(c1ccccc1)=C1C=CC(=N1)C(c1ccccc1)=c1ccc([nH]1)=C(c1ccccc1)C1=NC(=C2c2ccccc2)C=C1.[Mo+5]. The Labute approximate surface area is 365 Å². The second-order valence-electron chi connectivity index (χ2n) is 12.3. The van der Waals surface area contributed by atoms with Gasteiger partial charge >= 0.3 is 21.1 Å². The molecule has 1 atom stereocenters. The van der Waals surface area contributed by atoms with Crippen LogP contribution >= 0.6 is 0 Å². The van der Waals surface area contributed by atoms with Crippen molar-refractivity contribution in [1.29, 1.82) is 0 Å². The number of aliphatic imine (C=N–C) groups is 2. The van der Waals surface area contributed by atoms with Crippen molar-refractivity contribution in [1.82, 2.24) is 10.3 Å². The fraction of sp³-hybridized carbons (Fsp3) is 0.122. The summed E-state index contributed by atoms with van der Waals surface area (Å²) in [5, 5.41) is 46.8. The smallest absolute Gasteiger partial charge is 0.857 e. The van der Waals surface area contributed by atoms with Crippen molar-refractivity contribution >= 4 is 39.5 Å². The summed E-state index contributed by atoms with van der Waals surface area (Å²) in [6.45, 7) is 0. The van der Waals surface area contributed by atoms with Gasteiger partial charge in [-0.15, -0.1) is 0 Å². The number of aromatic amines is 1. The van der Waals surface area contributed by atoms with Crippen LogP contribution in [0.4, 0.5) is 0 Å². The van der Waals surface area contributed by atoms with Crippen LogP contribution in [0, 0.1) is 0 Å². The van der Waals surface area contributed by atoms with E-state index in [4.69, 9.17) is 35.5 Å². The molecular weight excluding hydrogens is 837 g/mol. The molecule has 0 fully saturated rings. The molecule has 0 saturated carbocycles. The van der Waals surface area contributed by atoms with Crippen LogP contribution < -0.4 is 41.5 Å². The van der Waals surface area contributed by atoms with Crippen molar-refractivity contribution in [2.45, 2.75) is 6.04 Å². The van der Waals surface area contributed by atoms with Crippen molar-refractivity contribution in [3.05, 3.63) is 214 Å². The number of H-pyrrole nitrogens is 1. The first-order valence-corrected chi connectivity index (χ1v) is 18.5. The van der Waals surface area contributed by atoms with Crippen molar-refractivity contribution < 1.29 is 51.4 Å². The van der Waals surface area contributed by atoms with Crippen LogP contribution in [0.2, 0.25) is 0 Å². The third kappa shape index (κ3) is 10.5. The molecule has 4 aliphatic heterocycles. The molecule has 2 N–H and O–H groups in total. The van der Waals surface area contributed by atoms with Gasteiger partial charge in [0.25, 0.3) is 0 Å². The number of hydrogen-bond acceptors (Lipinski definition) is 9. The van der Waals surface area contributed by atoms with Crippen molar-refractivity contribution in [3.63, 3.8) is 0 Å². The first-order chi connectivity index (χ1) is 29.2. The van der Waals surface area contributed by atoms with Gasteiger partial charge in [-0.2, -0.15) is 35.5 Å². The Hall–Kier alpha value is -6.10. The first-order valence-electron chi connectivity index (χ1n) is 18.5. The van der Waals surface area contributed by atoms with Gasteiger partial charge in [-0.05, 0) is 58.7 Å². The molecule has 0 amide bonds. The zero-order valence-electron chi connectivity index (χ0n) is 33.9. The Morgan fingerprint density at radius 2 is 0.817 bits per heavy atom. The molecule has 5 heterocycles. The van der Waals surface area contributed by atoms with Crippen LogP contribution in [-0.2, 0) is 25.9 Å². The third-order valence-corrected chi connectivity index (χ3v) is 9.25. The number of carbonyl (C=O) groups excluding carboxylic acids is 1. The van der Waals surface area contributed by atoms with E-state index in [2.05, 4.69) is 77.1 Å². The minimum absolute atomic E-state index is 0. The van der Waals surface area contributed by atoms with Gasteiger partial charge in [-0.25, -0.2) is 9.98 Å². The van der Waals surface area contributed by atoms with Crippen LogP contribution in [0.25, 0.3) is 22.3 Å². The maximum Gasteiger partial charge on any atom is 5.00 e. The Morgan fingerprint density at radius 1 is 0.450 bits per heavy atom. The average molecular weight is 882 g/mol. The number of ketones is 1. The predicted octanol–water partition coefficient (Wildman–Crippen LogP) is 1.58. The zero-order chi connectivity index (χ0) is 42.7. The van der Waals surface area contributed by atoms with E-state index in [-0.39, 0.29) is 26.8 Å². The number of fused-ring (bicyclic) bond motifs is 6. The Kier molecular flexibility index (Phi) is 19.9. The predicted molar refractivity (Wildman–Crippen MR) is 227 cm³/mol. The fourth-order valence-corrected chi connectivity index (χ4v) is 7.05. The van der Waals surface area contributed by atoms with Gasteiger partial charge in [0, 0.05) is 44.8 Å². The summed E-state index contributed by atoms with van der Waals surface area (Å²) >= 11 is 0. The second kappa shape index (κ2) is 24.7. The zero-order valence-corrected chi connectivity index (χ0v) is 35.9. The average Bonchev–Trinajstić information content (AvgIpc) is 4.17. The quantitative estimate of drug-likeness (QED) is 0.257. The van der Waals surface area contributed by atoms with Crippen LogP contribution in [0.1, 0.15) is 22.3 Å². The van der Waals surface area contributed by atoms with E-state index in [9.17, 15) is 4.79 Å². The number of nitrogens with zero attached hydrogens (tertiary/aromatic N) is 2. The second-order valence-corrected chi connectivity index (χ2v) is 12.3. The standard InChI is InChI=1S/C44H30N4O.5CH3O.Mo/c49-39-27-38-42(30-17-9-3-10-18-30)36-24-23-34(46-36)40(28-13-5-1-6-14-28)32-21-22-33(45-32)41(29-15-7-2-8-16-29)35-25-26-37(47-35)43(44(39)48-38)31-19-11-4-12-20-31;5*1-2;/h1-27,44-45,48H;5*1H3;/q;5*-1;+5. The Balaban J connectivity index is 0.000000817. The van der Waals surface area contributed by atoms with Gasteiger partial charge in [0.05, 0.1) is 22.8 Å². The van der Waals surface area contributed by atoms with Gasteiger partial charge < -0.3 is 35.8 Å². The van der Waals surface area contributed by atoms with E-state index in [1.54, 1.807) is 6.08 Å². The molecule has 4 aromatic carbocycles. The summed E-state index contributed by atoms with van der Waals surface area (Å²) in [6, 6.07) is 44.5. The summed E-state index contributed by atoms with van der Waals surface area (Å²) in [7, 11) is 3.75. The van der Waals surface area contributed by atoms with E-state index in [1.807, 2.05) is 91.0 Å². The van der Waals surface area contributed by atoms with Crippen LogP contribution in [0.15, 0.2) is 191 Å². The maximum atomic E-state index is 14.1. The minimum Gasteiger partial charge on any atom is -0.857 e. The Bertz CT molecular complexity index is 2520. The molecule has 1 aromatic heterocycles. The molecule has 8 bridgehead atoms. The number of benzene rings is 4. The van der Waals surface area contributed by atoms with Crippen LogP contribution in [0.5, 0.6) is 0 Å². The molecule has 11 heteroatoms. The molecule has 0 aliphatic carbocycles. The molecule has 303 valence electrons. The molecule has 10 nitrogen and oxygen atoms in total. The van der Waals surface area contributed by atoms with Gasteiger partial charge in [-0.3, -0.25) is 4.79 Å². The number of nitrogens with one attached hydrogen (secondary N) is 2. The van der Waals surface area contributed by atoms with E-state index >= 15 is 0 Å². The number of hydrogen-bond donors (Lipinski definition) is 2. The molecule has 0 saturated heterocycles. The van der Waals surface area contributed by atoms with Gasteiger partial charge in [-0.1, -0.05) is 121 Å². The number of allylic oxidation sites excluding steroid dienone is 5. The van der Waals surface area contributed by atoms with E-state index in [1.165, 1.54) is 0 Å². The van der Waals surface area contributed by atoms with Gasteiger partial charge in [0.15, 0.2) is 5.78 Å². The molecule has 9 rings (SSSR count). The van der Waals surface area contributed by atoms with Crippen molar-refractivity contribution in [2.24, 2.45) is 9.98 Å². The van der Waals surface area contributed by atoms with Gasteiger partial charge in [0.1, 0.15) is 6.04 Å². The normalized spacial score (nSPS) is 15.3. The molecule has 1 radical (unpaired) electrons. The summed E-state index contributed by atoms with van der Waals surface area (Å²) in [5.74, 6) is -0.0275. The summed E-state index contributed by atoms with van der Waals surface area (Å²) in [4.78, 5) is 28.4. The summed E-state index contributed by atoms with van der Waals surface area (Å²) in [6.07, 6.45) is 9.94. The van der Waals surface area contributed by atoms with Crippen molar-refractivity contribution in [2.75, 3.05) is 35.5 Å². The summed E-state index contributed by atoms with van der Waals surface area (Å²) < 4.78 is 0. The molecule has 4 aliphatic rings. The van der Waals surface area contributed by atoms with Crippen LogP contribution in [0.3, 0.4) is 0 Å². The molecular formula is C49H45MoN4O6. The third-order valence-electron chi connectivity index (χ3n) is 9.25. The number of rotatable bonds is 4. The van der Waals surface area contributed by atoms with Crippen LogP contribution in [-0.4, -0.2) is 63.8 Å². The first kappa shape index (κ1) is 48.3. The minimum atomic E-state index is -0.634. The topological polar surface area (TPSA) is 185 Å². The molecule has 0 spiro atoms. The number of carbonyl (C=O) groups is 1. The molecule has 60 heavy (non-hydrogen) atoms. The van der Waals surface area contributed by atoms with E-state index < -0.39 is 6.04 Å². The fourth-order valence-electron chi connectivity index (χ4n) is 7.05. The molecule has 1 unspecified atom stereocenters. The largest absolute Gasteiger partial charge is 5.00 e.